The van der Waals surface area contributed by atoms with Crippen molar-refractivity contribution >= 4 is 23.4 Å². The summed E-state index contributed by atoms with van der Waals surface area (Å²) in [6.45, 7) is 0. The van der Waals surface area contributed by atoms with Crippen molar-refractivity contribution in [2.24, 2.45) is 0 Å². The second kappa shape index (κ2) is 7.77. The van der Waals surface area contributed by atoms with E-state index in [4.69, 9.17) is 16.3 Å². The van der Waals surface area contributed by atoms with Crippen LogP contribution in [0.1, 0.15) is 32.4 Å². The van der Waals surface area contributed by atoms with Crippen molar-refractivity contribution in [3.05, 3.63) is 107 Å². The summed E-state index contributed by atoms with van der Waals surface area (Å²) in [7, 11) is 0. The van der Waals surface area contributed by atoms with Crippen LogP contribution >= 0.6 is 11.6 Å². The summed E-state index contributed by atoms with van der Waals surface area (Å²) in [5.74, 6) is -0.920. The molecule has 1 atom stereocenters. The van der Waals surface area contributed by atoms with E-state index in [1.807, 2.05) is 12.1 Å². The van der Waals surface area contributed by atoms with Crippen LogP contribution in [0.25, 0.3) is 0 Å². The highest BCUT2D eigenvalue weighted by atomic mass is 35.5. The second-order valence-electron chi connectivity index (χ2n) is 5.41. The molecule has 0 radical (unpaired) electrons. The Kier molecular flexibility index (Phi) is 5.26. The third kappa shape index (κ3) is 3.95. The van der Waals surface area contributed by atoms with E-state index in [1.165, 1.54) is 0 Å². The molecule has 0 bridgehead atoms. The Balaban J connectivity index is 1.94. The average molecular weight is 351 g/mol. The fraction of sp³-hybridized carbons (Fsp3) is 0.0476. The highest BCUT2D eigenvalue weighted by Crippen LogP contribution is 2.25. The third-order valence-corrected chi connectivity index (χ3v) is 4.05. The Hall–Kier alpha value is -2.91. The van der Waals surface area contributed by atoms with Gasteiger partial charge in [-0.05, 0) is 12.1 Å². The monoisotopic (exact) mass is 350 g/mol. The summed E-state index contributed by atoms with van der Waals surface area (Å²) in [4.78, 5) is 25.4. The largest absolute Gasteiger partial charge is 0.445 e. The smallest absolute Gasteiger partial charge is 0.340 e. The van der Waals surface area contributed by atoms with Crippen LogP contribution in [0.2, 0.25) is 5.02 Å². The van der Waals surface area contributed by atoms with E-state index >= 15 is 0 Å². The van der Waals surface area contributed by atoms with Gasteiger partial charge in [0.25, 0.3) is 0 Å². The van der Waals surface area contributed by atoms with E-state index in [9.17, 15) is 9.59 Å². The molecule has 4 heteroatoms. The van der Waals surface area contributed by atoms with E-state index in [0.29, 0.717) is 11.1 Å². The molecule has 3 aromatic carbocycles. The van der Waals surface area contributed by atoms with Gasteiger partial charge in [0.05, 0.1) is 10.6 Å². The third-order valence-electron chi connectivity index (χ3n) is 3.72. The van der Waals surface area contributed by atoms with E-state index in [2.05, 4.69) is 0 Å². The molecule has 0 aliphatic carbocycles. The summed E-state index contributed by atoms with van der Waals surface area (Å²) in [6.07, 6.45) is -1.03. The lowest BCUT2D eigenvalue weighted by molar-refractivity contribution is 0.0280. The molecule has 0 fully saturated rings. The zero-order chi connectivity index (χ0) is 17.6. The van der Waals surface area contributed by atoms with Gasteiger partial charge in [-0.15, -0.1) is 0 Å². The fourth-order valence-electron chi connectivity index (χ4n) is 2.45. The normalized spacial score (nSPS) is 11.6. The molecule has 0 spiro atoms. The molecule has 25 heavy (non-hydrogen) atoms. The van der Waals surface area contributed by atoms with Gasteiger partial charge in [-0.3, -0.25) is 4.79 Å². The second-order valence-corrected chi connectivity index (χ2v) is 5.81. The lowest BCUT2D eigenvalue weighted by Gasteiger charge is -2.18. The average Bonchev–Trinajstić information content (AvgIpc) is 2.67. The SMILES string of the molecule is O=C(OC(C(=O)c1ccccc1)c1ccccc1)c1ccccc1Cl. The van der Waals surface area contributed by atoms with Crippen molar-refractivity contribution in [1.29, 1.82) is 0 Å². The number of hydrogen-bond donors (Lipinski definition) is 0. The molecule has 0 N–H and O–H groups in total. The lowest BCUT2D eigenvalue weighted by Crippen LogP contribution is -2.20. The number of rotatable bonds is 5. The van der Waals surface area contributed by atoms with Gasteiger partial charge >= 0.3 is 5.97 Å². The molecule has 0 amide bonds. The number of halogens is 1. The predicted molar refractivity (Wildman–Crippen MR) is 96.8 cm³/mol. The Morgan fingerprint density at radius 3 is 1.96 bits per heavy atom. The summed E-state index contributed by atoms with van der Waals surface area (Å²) in [5, 5.41) is 0.284. The number of carbonyl (C=O) groups is 2. The summed E-state index contributed by atoms with van der Waals surface area (Å²) < 4.78 is 5.55. The van der Waals surface area contributed by atoms with Crippen LogP contribution in [0, 0.1) is 0 Å². The Labute approximate surface area is 150 Å². The quantitative estimate of drug-likeness (QED) is 0.473. The number of ketones is 1. The first kappa shape index (κ1) is 16.9. The first-order chi connectivity index (χ1) is 12.2. The molecule has 3 aromatic rings. The highest BCUT2D eigenvalue weighted by Gasteiger charge is 2.27. The number of carbonyl (C=O) groups excluding carboxylic acids is 2. The van der Waals surface area contributed by atoms with Crippen LogP contribution < -0.4 is 0 Å². The molecule has 1 unspecified atom stereocenters. The van der Waals surface area contributed by atoms with Crippen LogP contribution in [0.3, 0.4) is 0 Å². The zero-order valence-electron chi connectivity index (χ0n) is 13.3. The van der Waals surface area contributed by atoms with Gasteiger partial charge < -0.3 is 4.74 Å². The molecule has 0 aromatic heterocycles. The number of Topliss-reactive ketones (excluding diaryl/α,β-unsaturated/α-hetero) is 1. The van der Waals surface area contributed by atoms with Gasteiger partial charge in [-0.1, -0.05) is 84.4 Å². The maximum atomic E-state index is 12.9. The van der Waals surface area contributed by atoms with Crippen LogP contribution in [0.4, 0.5) is 0 Å². The lowest BCUT2D eigenvalue weighted by atomic mass is 10.00. The number of benzene rings is 3. The van der Waals surface area contributed by atoms with E-state index in [1.54, 1.807) is 72.8 Å². The Bertz CT molecular complexity index is 876. The molecule has 0 aliphatic rings. The summed E-state index contributed by atoms with van der Waals surface area (Å²) in [5.41, 5.74) is 1.31. The molecule has 0 heterocycles. The van der Waals surface area contributed by atoms with Crippen LogP contribution in [0.5, 0.6) is 0 Å². The molecule has 0 aliphatic heterocycles. The van der Waals surface area contributed by atoms with Gasteiger partial charge in [-0.25, -0.2) is 4.79 Å². The van der Waals surface area contributed by atoms with Crippen molar-refractivity contribution in [2.75, 3.05) is 0 Å². The minimum atomic E-state index is -1.03. The van der Waals surface area contributed by atoms with Crippen molar-refractivity contribution in [1.82, 2.24) is 0 Å². The standard InChI is InChI=1S/C21H15ClO3/c22-18-14-8-7-13-17(18)21(24)25-20(16-11-5-2-6-12-16)19(23)15-9-3-1-4-10-15/h1-14,20H. The topological polar surface area (TPSA) is 43.4 Å². The highest BCUT2D eigenvalue weighted by molar-refractivity contribution is 6.33. The summed E-state index contributed by atoms with van der Waals surface area (Å²) in [6, 6.07) is 24.3. The Morgan fingerprint density at radius 2 is 1.32 bits per heavy atom. The minimum absolute atomic E-state index is 0.228. The molecule has 0 saturated carbocycles. The number of ether oxygens (including phenoxy) is 1. The van der Waals surface area contributed by atoms with Crippen molar-refractivity contribution in [3.63, 3.8) is 0 Å². The maximum absolute atomic E-state index is 12.9. The van der Waals surface area contributed by atoms with Crippen molar-refractivity contribution in [3.8, 4) is 0 Å². The molecule has 3 rings (SSSR count). The number of esters is 1. The maximum Gasteiger partial charge on any atom is 0.340 e. The van der Waals surface area contributed by atoms with Crippen LogP contribution in [-0.4, -0.2) is 11.8 Å². The van der Waals surface area contributed by atoms with Gasteiger partial charge in [0.15, 0.2) is 6.10 Å². The number of hydrogen-bond acceptors (Lipinski definition) is 3. The van der Waals surface area contributed by atoms with E-state index in [-0.39, 0.29) is 16.4 Å². The first-order valence-electron chi connectivity index (χ1n) is 7.76. The first-order valence-corrected chi connectivity index (χ1v) is 8.14. The fourth-order valence-corrected chi connectivity index (χ4v) is 2.66. The van der Waals surface area contributed by atoms with Gasteiger partial charge in [-0.2, -0.15) is 0 Å². The van der Waals surface area contributed by atoms with Gasteiger partial charge in [0.1, 0.15) is 0 Å². The van der Waals surface area contributed by atoms with Gasteiger partial charge in [0, 0.05) is 11.1 Å². The Morgan fingerprint density at radius 1 is 0.760 bits per heavy atom. The molecule has 3 nitrogen and oxygen atoms in total. The molecule has 0 saturated heterocycles. The predicted octanol–water partition coefficient (Wildman–Crippen LogP) is 5.12. The molecular weight excluding hydrogens is 336 g/mol. The zero-order valence-corrected chi connectivity index (χ0v) is 14.0. The van der Waals surface area contributed by atoms with Crippen LogP contribution in [0.15, 0.2) is 84.9 Å². The minimum Gasteiger partial charge on any atom is -0.445 e. The van der Waals surface area contributed by atoms with Crippen molar-refractivity contribution in [2.45, 2.75) is 6.10 Å². The van der Waals surface area contributed by atoms with Crippen molar-refractivity contribution < 1.29 is 14.3 Å². The summed E-state index contributed by atoms with van der Waals surface area (Å²) >= 11 is 6.06. The van der Waals surface area contributed by atoms with E-state index in [0.717, 1.165) is 0 Å². The van der Waals surface area contributed by atoms with E-state index < -0.39 is 12.1 Å². The van der Waals surface area contributed by atoms with Crippen LogP contribution in [-0.2, 0) is 4.74 Å². The van der Waals surface area contributed by atoms with Gasteiger partial charge in [0.2, 0.25) is 5.78 Å². The molecular formula is C21H15ClO3. The molecule has 124 valence electrons.